The molecule has 0 N–H and O–H groups in total. The molecule has 10 heteroatoms. The monoisotopic (exact) mass is 362 g/mol. The first kappa shape index (κ1) is 14.8. The molecule has 108 valence electrons. The highest BCUT2D eigenvalue weighted by Crippen LogP contribution is 2.37. The molecule has 0 spiro atoms. The van der Waals surface area contributed by atoms with Gasteiger partial charge in [0.05, 0.1) is 10.7 Å². The molecular weight excluding hydrogens is 361 g/mol. The molecule has 20 heavy (non-hydrogen) atoms. The number of benzene rings is 1. The van der Waals surface area contributed by atoms with Crippen LogP contribution < -0.4 is 0 Å². The fourth-order valence-corrected chi connectivity index (χ4v) is 1.78. The first-order chi connectivity index (χ1) is 9.14. The molecule has 0 radical (unpaired) electrons. The van der Waals surface area contributed by atoms with E-state index in [-0.39, 0.29) is 4.47 Å². The summed E-state index contributed by atoms with van der Waals surface area (Å²) in [5.74, 6) is -9.44. The number of rotatable bonds is 1. The van der Waals surface area contributed by atoms with Crippen LogP contribution in [0.5, 0.6) is 0 Å². The van der Waals surface area contributed by atoms with Gasteiger partial charge in [0, 0.05) is 6.20 Å². The zero-order valence-electron chi connectivity index (χ0n) is 9.07. The highest BCUT2D eigenvalue weighted by atomic mass is 79.9. The Morgan fingerprint density at radius 2 is 1.45 bits per heavy atom. The van der Waals surface area contributed by atoms with E-state index in [2.05, 4.69) is 21.0 Å². The van der Waals surface area contributed by atoms with Crippen LogP contribution in [0.25, 0.3) is 5.69 Å². The molecule has 2 rings (SSSR count). The number of nitrogens with zero attached hydrogens (tertiary/aromatic N) is 2. The van der Waals surface area contributed by atoms with Crippen LogP contribution in [-0.4, -0.2) is 9.78 Å². The third-order valence-electron chi connectivity index (χ3n) is 2.30. The van der Waals surface area contributed by atoms with Gasteiger partial charge in [0.25, 0.3) is 0 Å². The average Bonchev–Trinajstić information content (AvgIpc) is 2.72. The molecule has 2 aromatic rings. The molecule has 1 aromatic heterocycles. The van der Waals surface area contributed by atoms with E-state index < -0.39 is 40.7 Å². The quantitative estimate of drug-likeness (QED) is 0.548. The maximum atomic E-state index is 13.6. The summed E-state index contributed by atoms with van der Waals surface area (Å²) in [7, 11) is 0. The molecule has 0 saturated heterocycles. The van der Waals surface area contributed by atoms with E-state index in [0.29, 0.717) is 4.68 Å². The van der Waals surface area contributed by atoms with Gasteiger partial charge in [-0.1, -0.05) is 0 Å². The number of aromatic nitrogens is 2. The van der Waals surface area contributed by atoms with E-state index >= 15 is 0 Å². The minimum Gasteiger partial charge on any atom is -0.234 e. The first-order valence-electron chi connectivity index (χ1n) is 4.78. The van der Waals surface area contributed by atoms with Crippen molar-refractivity contribution in [3.8, 4) is 5.69 Å². The standard InChI is InChI=1S/C10H2BrF7N2/c11-3-1-19-20(2-3)9-7(14)5(12)4(10(16,17)18)6(13)8(9)15/h1-2H. The highest BCUT2D eigenvalue weighted by Gasteiger charge is 2.42. The van der Waals surface area contributed by atoms with Gasteiger partial charge in [0.1, 0.15) is 11.3 Å². The van der Waals surface area contributed by atoms with Gasteiger partial charge in [0.2, 0.25) is 0 Å². The van der Waals surface area contributed by atoms with Crippen molar-refractivity contribution in [2.75, 3.05) is 0 Å². The minimum atomic E-state index is -5.57. The van der Waals surface area contributed by atoms with Crippen molar-refractivity contribution in [2.24, 2.45) is 0 Å². The van der Waals surface area contributed by atoms with Crippen LogP contribution in [0.3, 0.4) is 0 Å². The second-order valence-corrected chi connectivity index (χ2v) is 4.50. The third-order valence-corrected chi connectivity index (χ3v) is 2.71. The fourth-order valence-electron chi connectivity index (χ4n) is 1.49. The molecule has 1 aromatic carbocycles. The molecular formula is C10H2BrF7N2. The molecule has 0 aliphatic carbocycles. The van der Waals surface area contributed by atoms with Crippen LogP contribution in [0, 0.1) is 23.3 Å². The van der Waals surface area contributed by atoms with Crippen molar-refractivity contribution in [2.45, 2.75) is 6.18 Å². The van der Waals surface area contributed by atoms with Crippen LogP contribution >= 0.6 is 15.9 Å². The zero-order chi connectivity index (χ0) is 15.2. The Hall–Kier alpha value is -1.58. The molecule has 0 unspecified atom stereocenters. The van der Waals surface area contributed by atoms with E-state index in [9.17, 15) is 30.7 Å². The van der Waals surface area contributed by atoms with Crippen LogP contribution in [0.4, 0.5) is 30.7 Å². The Balaban J connectivity index is 2.81. The van der Waals surface area contributed by atoms with Gasteiger partial charge in [-0.05, 0) is 15.9 Å². The third kappa shape index (κ3) is 2.28. The summed E-state index contributed by atoms with van der Waals surface area (Å²) in [5, 5.41) is 3.36. The van der Waals surface area contributed by atoms with Crippen molar-refractivity contribution in [3.05, 3.63) is 45.7 Å². The lowest BCUT2D eigenvalue weighted by molar-refractivity contribution is -0.143. The van der Waals surface area contributed by atoms with Gasteiger partial charge in [-0.3, -0.25) is 0 Å². The summed E-state index contributed by atoms with van der Waals surface area (Å²) in [6.07, 6.45) is -3.61. The summed E-state index contributed by atoms with van der Waals surface area (Å²) >= 11 is 2.87. The molecule has 1 heterocycles. The van der Waals surface area contributed by atoms with Crippen LogP contribution in [0.1, 0.15) is 5.56 Å². The van der Waals surface area contributed by atoms with E-state index in [4.69, 9.17) is 0 Å². The van der Waals surface area contributed by atoms with Crippen LogP contribution in [0.2, 0.25) is 0 Å². The number of halogens is 8. The molecule has 0 bridgehead atoms. The lowest BCUT2D eigenvalue weighted by Crippen LogP contribution is -2.18. The first-order valence-corrected chi connectivity index (χ1v) is 5.57. The number of hydrogen-bond donors (Lipinski definition) is 0. The minimum absolute atomic E-state index is 0.206. The van der Waals surface area contributed by atoms with Crippen molar-refractivity contribution >= 4 is 15.9 Å². The Bertz CT molecular complexity index is 648. The van der Waals surface area contributed by atoms with Gasteiger partial charge < -0.3 is 0 Å². The number of hydrogen-bond acceptors (Lipinski definition) is 1. The van der Waals surface area contributed by atoms with Gasteiger partial charge in [-0.15, -0.1) is 0 Å². The SMILES string of the molecule is Fc1c(F)c(C(F)(F)F)c(F)c(F)c1-n1cc(Br)cn1. The van der Waals surface area contributed by atoms with E-state index in [1.165, 1.54) is 0 Å². The average molecular weight is 363 g/mol. The topological polar surface area (TPSA) is 17.8 Å². The maximum Gasteiger partial charge on any atom is 0.422 e. The van der Waals surface area contributed by atoms with Crippen molar-refractivity contribution in [1.82, 2.24) is 9.78 Å². The smallest absolute Gasteiger partial charge is 0.234 e. The normalized spacial score (nSPS) is 12.0. The van der Waals surface area contributed by atoms with E-state index in [1.807, 2.05) is 0 Å². The Kier molecular flexibility index (Phi) is 3.53. The summed E-state index contributed by atoms with van der Waals surface area (Å²) in [5.41, 5.74) is -4.00. The maximum absolute atomic E-state index is 13.6. The van der Waals surface area contributed by atoms with Crippen molar-refractivity contribution < 1.29 is 30.7 Å². The Morgan fingerprint density at radius 3 is 1.80 bits per heavy atom. The summed E-state index contributed by atoms with van der Waals surface area (Å²) < 4.78 is 91.5. The van der Waals surface area contributed by atoms with E-state index in [1.54, 1.807) is 0 Å². The van der Waals surface area contributed by atoms with Crippen molar-refractivity contribution in [1.29, 1.82) is 0 Å². The largest absolute Gasteiger partial charge is 0.422 e. The van der Waals surface area contributed by atoms with Gasteiger partial charge >= 0.3 is 6.18 Å². The van der Waals surface area contributed by atoms with Gasteiger partial charge in [-0.2, -0.15) is 18.3 Å². The summed E-state index contributed by atoms with van der Waals surface area (Å²) in [6.45, 7) is 0. The second-order valence-electron chi connectivity index (χ2n) is 3.58. The molecule has 0 fully saturated rings. The highest BCUT2D eigenvalue weighted by molar-refractivity contribution is 9.10. The summed E-state index contributed by atoms with van der Waals surface area (Å²) in [4.78, 5) is 0. The molecule has 0 atom stereocenters. The van der Waals surface area contributed by atoms with Crippen LogP contribution in [0.15, 0.2) is 16.9 Å². The van der Waals surface area contributed by atoms with E-state index in [0.717, 1.165) is 12.4 Å². The second kappa shape index (κ2) is 4.76. The zero-order valence-corrected chi connectivity index (χ0v) is 10.7. The molecule has 0 amide bonds. The molecule has 0 aliphatic rings. The lowest BCUT2D eigenvalue weighted by Gasteiger charge is -2.13. The summed E-state index contributed by atoms with van der Waals surface area (Å²) in [6, 6.07) is 0. The van der Waals surface area contributed by atoms with Crippen molar-refractivity contribution in [3.63, 3.8) is 0 Å². The molecule has 0 aliphatic heterocycles. The Morgan fingerprint density at radius 1 is 0.950 bits per heavy atom. The predicted molar refractivity (Wildman–Crippen MR) is 56.1 cm³/mol. The van der Waals surface area contributed by atoms with Crippen LogP contribution in [-0.2, 0) is 6.18 Å². The molecule has 2 nitrogen and oxygen atoms in total. The molecule has 0 saturated carbocycles. The number of alkyl halides is 3. The van der Waals surface area contributed by atoms with Gasteiger partial charge in [0.15, 0.2) is 23.3 Å². The Labute approximate surface area is 114 Å². The fraction of sp³-hybridized carbons (Fsp3) is 0.100. The van der Waals surface area contributed by atoms with Gasteiger partial charge in [-0.25, -0.2) is 22.2 Å². The lowest BCUT2D eigenvalue weighted by atomic mass is 10.1. The predicted octanol–water partition coefficient (Wildman–Crippen LogP) is 4.21.